The van der Waals surface area contributed by atoms with Crippen LogP contribution in [0.25, 0.3) is 16.3 Å². The van der Waals surface area contributed by atoms with Gasteiger partial charge < -0.3 is 0 Å². The number of carbonyl (C=O) groups excluding carboxylic acids is 2. The number of rotatable bonds is 3. The van der Waals surface area contributed by atoms with Crippen LogP contribution in [0.3, 0.4) is 0 Å². The van der Waals surface area contributed by atoms with Gasteiger partial charge in [-0.2, -0.15) is 0 Å². The molecule has 0 radical (unpaired) electrons. The summed E-state index contributed by atoms with van der Waals surface area (Å²) in [5.41, 5.74) is 2.23. The van der Waals surface area contributed by atoms with Crippen molar-refractivity contribution in [3.63, 3.8) is 0 Å². The zero-order chi connectivity index (χ0) is 17.0. The lowest BCUT2D eigenvalue weighted by atomic mass is 9.96. The SMILES string of the molecule is C=C(C)C(=O)OOC(=O)/C(C)=C(\C)c1cccc2ccccc12. The lowest BCUT2D eigenvalue weighted by molar-refractivity contribution is -0.252. The summed E-state index contributed by atoms with van der Waals surface area (Å²) in [6.07, 6.45) is 0. The minimum Gasteiger partial charge on any atom is -0.242 e. The number of hydrogen-bond donors (Lipinski definition) is 0. The van der Waals surface area contributed by atoms with Crippen molar-refractivity contribution in [3.8, 4) is 0 Å². The maximum Gasteiger partial charge on any atom is 0.382 e. The Kier molecular flexibility index (Phi) is 4.96. The summed E-state index contributed by atoms with van der Waals surface area (Å²) >= 11 is 0. The summed E-state index contributed by atoms with van der Waals surface area (Å²) in [5.74, 6) is -1.47. The molecule has 0 saturated carbocycles. The lowest BCUT2D eigenvalue weighted by Crippen LogP contribution is -2.13. The van der Waals surface area contributed by atoms with Crippen LogP contribution in [0.15, 0.2) is 60.2 Å². The first-order valence-corrected chi connectivity index (χ1v) is 7.16. The average molecular weight is 310 g/mol. The van der Waals surface area contributed by atoms with Crippen molar-refractivity contribution < 1.29 is 19.4 Å². The summed E-state index contributed by atoms with van der Waals surface area (Å²) in [4.78, 5) is 32.3. The van der Waals surface area contributed by atoms with Gasteiger partial charge in [0.05, 0.1) is 0 Å². The molecule has 4 nitrogen and oxygen atoms in total. The van der Waals surface area contributed by atoms with Crippen molar-refractivity contribution in [2.24, 2.45) is 0 Å². The molecule has 0 aliphatic rings. The van der Waals surface area contributed by atoms with Gasteiger partial charge in [-0.3, -0.25) is 0 Å². The molecule has 2 aromatic carbocycles. The second-order valence-corrected chi connectivity index (χ2v) is 5.30. The van der Waals surface area contributed by atoms with Crippen molar-refractivity contribution in [2.75, 3.05) is 0 Å². The Labute approximate surface area is 134 Å². The third-order valence-corrected chi connectivity index (χ3v) is 3.60. The van der Waals surface area contributed by atoms with E-state index in [2.05, 4.69) is 16.4 Å². The predicted molar refractivity (Wildman–Crippen MR) is 89.2 cm³/mol. The van der Waals surface area contributed by atoms with E-state index in [4.69, 9.17) is 0 Å². The molecule has 0 unspecified atom stereocenters. The molecule has 23 heavy (non-hydrogen) atoms. The topological polar surface area (TPSA) is 52.6 Å². The van der Waals surface area contributed by atoms with E-state index in [-0.39, 0.29) is 5.57 Å². The monoisotopic (exact) mass is 310 g/mol. The summed E-state index contributed by atoms with van der Waals surface area (Å²) < 4.78 is 0. The van der Waals surface area contributed by atoms with Crippen molar-refractivity contribution in [1.29, 1.82) is 0 Å². The van der Waals surface area contributed by atoms with E-state index in [1.807, 2.05) is 49.4 Å². The van der Waals surface area contributed by atoms with Gasteiger partial charge in [0.1, 0.15) is 0 Å². The largest absolute Gasteiger partial charge is 0.382 e. The maximum absolute atomic E-state index is 12.0. The van der Waals surface area contributed by atoms with E-state index in [1.54, 1.807) is 6.92 Å². The fourth-order valence-corrected chi connectivity index (χ4v) is 2.12. The highest BCUT2D eigenvalue weighted by atomic mass is 17.2. The first-order valence-electron chi connectivity index (χ1n) is 7.16. The molecular formula is C19H18O4. The normalized spacial score (nSPS) is 11.6. The van der Waals surface area contributed by atoms with Crippen molar-refractivity contribution >= 4 is 28.3 Å². The second kappa shape index (κ2) is 6.92. The van der Waals surface area contributed by atoms with Crippen LogP contribution in [0.5, 0.6) is 0 Å². The van der Waals surface area contributed by atoms with E-state index in [1.165, 1.54) is 6.92 Å². The Morgan fingerprint density at radius 2 is 1.48 bits per heavy atom. The Bertz CT molecular complexity index is 810. The van der Waals surface area contributed by atoms with Crippen molar-refractivity contribution in [1.82, 2.24) is 0 Å². The Balaban J connectivity index is 2.30. The molecule has 4 heteroatoms. The molecule has 0 bridgehead atoms. The van der Waals surface area contributed by atoms with Crippen LogP contribution in [0, 0.1) is 0 Å². The van der Waals surface area contributed by atoms with E-state index < -0.39 is 11.9 Å². The molecule has 0 saturated heterocycles. The van der Waals surface area contributed by atoms with Gasteiger partial charge in [0.2, 0.25) is 0 Å². The summed E-state index contributed by atoms with van der Waals surface area (Å²) in [6.45, 7) is 8.35. The molecule has 0 heterocycles. The minimum atomic E-state index is -0.769. The molecule has 0 aromatic heterocycles. The van der Waals surface area contributed by atoms with Gasteiger partial charge in [-0.25, -0.2) is 19.4 Å². The lowest BCUT2D eigenvalue weighted by Gasteiger charge is -2.10. The molecule has 2 rings (SSSR count). The van der Waals surface area contributed by atoms with Gasteiger partial charge in [-0.1, -0.05) is 49.0 Å². The van der Waals surface area contributed by atoms with Crippen LogP contribution >= 0.6 is 0 Å². The van der Waals surface area contributed by atoms with Gasteiger partial charge in [0.25, 0.3) is 0 Å². The van der Waals surface area contributed by atoms with Crippen LogP contribution in [-0.2, 0) is 19.4 Å². The molecule has 0 aliphatic heterocycles. The van der Waals surface area contributed by atoms with E-state index in [0.717, 1.165) is 21.9 Å². The Morgan fingerprint density at radius 3 is 2.17 bits per heavy atom. The molecular weight excluding hydrogens is 292 g/mol. The summed E-state index contributed by atoms with van der Waals surface area (Å²) in [7, 11) is 0. The molecule has 2 aromatic rings. The Hall–Kier alpha value is -2.88. The zero-order valence-electron chi connectivity index (χ0n) is 13.4. The van der Waals surface area contributed by atoms with Gasteiger partial charge in [-0.15, -0.1) is 0 Å². The highest BCUT2D eigenvalue weighted by Gasteiger charge is 2.16. The number of fused-ring (bicyclic) bond motifs is 1. The fourth-order valence-electron chi connectivity index (χ4n) is 2.12. The van der Waals surface area contributed by atoms with Gasteiger partial charge in [0.15, 0.2) is 0 Å². The third-order valence-electron chi connectivity index (χ3n) is 3.60. The summed E-state index contributed by atoms with van der Waals surface area (Å²) in [5, 5.41) is 2.12. The van der Waals surface area contributed by atoms with Gasteiger partial charge in [0, 0.05) is 11.1 Å². The molecule has 0 atom stereocenters. The van der Waals surface area contributed by atoms with Gasteiger partial charge in [-0.05, 0) is 42.7 Å². The standard InChI is InChI=1S/C19H18O4/c1-12(2)18(20)22-23-19(21)14(4)13(3)16-11-7-9-15-8-5-6-10-17(15)16/h5-11H,1H2,2-4H3/b14-13+. The smallest absolute Gasteiger partial charge is 0.242 e. The van der Waals surface area contributed by atoms with Crippen LogP contribution in [0.1, 0.15) is 26.3 Å². The predicted octanol–water partition coefficient (Wildman–Crippen LogP) is 4.21. The van der Waals surface area contributed by atoms with E-state index >= 15 is 0 Å². The zero-order valence-corrected chi connectivity index (χ0v) is 13.4. The van der Waals surface area contributed by atoms with Crippen LogP contribution < -0.4 is 0 Å². The maximum atomic E-state index is 12.0. The highest BCUT2D eigenvalue weighted by Crippen LogP contribution is 2.27. The van der Waals surface area contributed by atoms with Gasteiger partial charge >= 0.3 is 11.9 Å². The Morgan fingerprint density at radius 1 is 0.870 bits per heavy atom. The summed E-state index contributed by atoms with van der Waals surface area (Å²) in [6, 6.07) is 13.8. The number of benzene rings is 2. The van der Waals surface area contributed by atoms with Crippen LogP contribution in [0.2, 0.25) is 0 Å². The molecule has 118 valence electrons. The quantitative estimate of drug-likeness (QED) is 0.484. The average Bonchev–Trinajstić information content (AvgIpc) is 2.57. The molecule has 0 amide bonds. The minimum absolute atomic E-state index is 0.158. The highest BCUT2D eigenvalue weighted by molar-refractivity contribution is 6.02. The first-order chi connectivity index (χ1) is 10.9. The first kappa shape index (κ1) is 16.5. The molecule has 0 N–H and O–H groups in total. The molecule has 0 fully saturated rings. The molecule has 0 aliphatic carbocycles. The van der Waals surface area contributed by atoms with Crippen molar-refractivity contribution in [3.05, 3.63) is 65.8 Å². The number of carbonyl (C=O) groups is 2. The van der Waals surface area contributed by atoms with E-state index in [9.17, 15) is 9.59 Å². The third kappa shape index (κ3) is 3.66. The second-order valence-electron chi connectivity index (χ2n) is 5.30. The molecule has 0 spiro atoms. The van der Waals surface area contributed by atoms with E-state index in [0.29, 0.717) is 5.57 Å². The number of hydrogen-bond acceptors (Lipinski definition) is 4. The van der Waals surface area contributed by atoms with Crippen molar-refractivity contribution in [2.45, 2.75) is 20.8 Å². The fraction of sp³-hybridized carbons (Fsp3) is 0.158. The van der Waals surface area contributed by atoms with Crippen LogP contribution in [0.4, 0.5) is 0 Å². The number of allylic oxidation sites excluding steroid dienone is 1. The van der Waals surface area contributed by atoms with Crippen LogP contribution in [-0.4, -0.2) is 11.9 Å².